The van der Waals surface area contributed by atoms with E-state index in [-0.39, 0.29) is 12.1 Å². The summed E-state index contributed by atoms with van der Waals surface area (Å²) in [5.74, 6) is 0.985. The minimum atomic E-state index is -0.199. The number of carbonyl (C=O) groups excluding carboxylic acids is 1. The number of amides is 2. The van der Waals surface area contributed by atoms with Crippen LogP contribution < -0.4 is 14.8 Å². The number of nitrogens with zero attached hydrogens (tertiary/aromatic N) is 3. The van der Waals surface area contributed by atoms with E-state index in [0.717, 1.165) is 25.2 Å². The van der Waals surface area contributed by atoms with E-state index in [1.165, 1.54) is 21.0 Å². The summed E-state index contributed by atoms with van der Waals surface area (Å²) in [4.78, 5) is 19.3. The number of fused-ring (bicyclic) bond motifs is 5. The third-order valence-electron chi connectivity index (χ3n) is 6.54. The average molecular weight is 487 g/mol. The smallest absolute Gasteiger partial charge is 0.322 e. The summed E-state index contributed by atoms with van der Waals surface area (Å²) >= 11 is 8.17. The molecule has 0 spiro atoms. The highest BCUT2D eigenvalue weighted by Crippen LogP contribution is 2.42. The second-order valence-electron chi connectivity index (χ2n) is 8.50. The average Bonchev–Trinajstić information content (AvgIpc) is 3.39. The first kappa shape index (κ1) is 22.1. The molecular weight excluding hydrogens is 460 g/mol. The molecule has 33 heavy (non-hydrogen) atoms. The summed E-state index contributed by atoms with van der Waals surface area (Å²) in [5, 5.41) is 4.65. The maximum absolute atomic E-state index is 13.6. The van der Waals surface area contributed by atoms with Crippen molar-refractivity contribution >= 4 is 34.7 Å². The lowest BCUT2D eigenvalue weighted by molar-refractivity contribution is 0.189. The highest BCUT2D eigenvalue weighted by molar-refractivity contribution is 7.15. The second kappa shape index (κ2) is 8.59. The van der Waals surface area contributed by atoms with Gasteiger partial charge in [-0.05, 0) is 44.2 Å². The molecule has 2 aromatic heterocycles. The predicted octanol–water partition coefficient (Wildman–Crippen LogP) is 5.31. The lowest BCUT2D eigenvalue weighted by atomic mass is 10.0. The maximum Gasteiger partial charge on any atom is 0.322 e. The highest BCUT2D eigenvalue weighted by atomic mass is 35.5. The van der Waals surface area contributed by atoms with Crippen molar-refractivity contribution in [1.29, 1.82) is 0 Å². The fourth-order valence-electron chi connectivity index (χ4n) is 4.72. The Morgan fingerprint density at radius 1 is 1.18 bits per heavy atom. The number of halogens is 1. The molecule has 0 fully saturated rings. The molecule has 174 valence electrons. The van der Waals surface area contributed by atoms with Crippen molar-refractivity contribution in [2.75, 3.05) is 33.1 Å². The fraction of sp³-hybridized carbons (Fsp3) is 0.375. The number of benzene rings is 1. The Balaban J connectivity index is 1.52. The van der Waals surface area contributed by atoms with Gasteiger partial charge in [0.2, 0.25) is 0 Å². The fourth-order valence-corrected chi connectivity index (χ4v) is 6.40. The van der Waals surface area contributed by atoms with Crippen LogP contribution in [0.4, 0.5) is 10.5 Å². The van der Waals surface area contributed by atoms with Crippen molar-refractivity contribution in [2.24, 2.45) is 0 Å². The normalized spacial score (nSPS) is 17.6. The molecule has 4 heterocycles. The zero-order chi connectivity index (χ0) is 23.3. The largest absolute Gasteiger partial charge is 0.495 e. The van der Waals surface area contributed by atoms with Gasteiger partial charge < -0.3 is 29.2 Å². The van der Waals surface area contributed by atoms with E-state index in [4.69, 9.17) is 21.1 Å². The van der Waals surface area contributed by atoms with Crippen molar-refractivity contribution < 1.29 is 14.3 Å². The van der Waals surface area contributed by atoms with Gasteiger partial charge in [0.05, 0.1) is 37.5 Å². The monoisotopic (exact) mass is 486 g/mol. The van der Waals surface area contributed by atoms with E-state index in [2.05, 4.69) is 41.0 Å². The van der Waals surface area contributed by atoms with Crippen LogP contribution in [0.2, 0.25) is 5.02 Å². The van der Waals surface area contributed by atoms with Crippen LogP contribution in [0.1, 0.15) is 34.7 Å². The summed E-state index contributed by atoms with van der Waals surface area (Å²) in [6.07, 6.45) is 3.10. The Kier molecular flexibility index (Phi) is 5.76. The Labute approximate surface area is 202 Å². The number of aromatic nitrogens is 1. The summed E-state index contributed by atoms with van der Waals surface area (Å²) in [6, 6.07) is 7.18. The van der Waals surface area contributed by atoms with E-state index < -0.39 is 0 Å². The molecule has 9 heteroatoms. The molecule has 1 N–H and O–H groups in total. The third-order valence-corrected chi connectivity index (χ3v) is 8.09. The van der Waals surface area contributed by atoms with Gasteiger partial charge in [0.1, 0.15) is 16.5 Å². The second-order valence-corrected chi connectivity index (χ2v) is 9.99. The molecule has 0 aliphatic carbocycles. The Hall–Kier alpha value is -2.68. The van der Waals surface area contributed by atoms with Gasteiger partial charge in [0.15, 0.2) is 0 Å². The van der Waals surface area contributed by atoms with Gasteiger partial charge >= 0.3 is 6.03 Å². The predicted molar refractivity (Wildman–Crippen MR) is 131 cm³/mol. The van der Waals surface area contributed by atoms with E-state index in [9.17, 15) is 4.79 Å². The first-order valence-electron chi connectivity index (χ1n) is 10.9. The van der Waals surface area contributed by atoms with E-state index in [1.54, 1.807) is 26.4 Å². The number of urea groups is 1. The summed E-state index contributed by atoms with van der Waals surface area (Å²) in [5.41, 5.74) is 4.24. The Morgan fingerprint density at radius 2 is 1.97 bits per heavy atom. The molecule has 2 amide bonds. The van der Waals surface area contributed by atoms with Gasteiger partial charge in [-0.1, -0.05) is 11.6 Å². The zero-order valence-electron chi connectivity index (χ0n) is 19.1. The maximum atomic E-state index is 13.6. The number of nitrogens with one attached hydrogen (secondary N) is 1. The van der Waals surface area contributed by atoms with Crippen LogP contribution in [0.3, 0.4) is 0 Å². The third kappa shape index (κ3) is 3.76. The first-order valence-corrected chi connectivity index (χ1v) is 12.1. The standard InChI is InChI=1S/C24H27ClN4O3S/c1-14-19-6-5-8-28(19)23-16(15-7-9-27(2)13-22(15)33-23)12-29(14)24(30)26-18-10-17(25)20(31-3)11-21(18)32-4/h5-6,8,10-11,14H,7,9,12-13H2,1-4H3,(H,26,30)/t14-/m0/s1. The minimum Gasteiger partial charge on any atom is -0.495 e. The lowest BCUT2D eigenvalue weighted by Gasteiger charge is -2.29. The van der Waals surface area contributed by atoms with Crippen LogP contribution in [-0.4, -0.2) is 48.2 Å². The van der Waals surface area contributed by atoms with Gasteiger partial charge in [-0.3, -0.25) is 0 Å². The topological polar surface area (TPSA) is 59.0 Å². The molecule has 0 saturated carbocycles. The SMILES string of the molecule is COc1cc(OC)c(NC(=O)N2Cc3c(sc4c3CCN(C)C4)-n3cccc3[C@@H]2C)cc1Cl. The number of carbonyl (C=O) groups is 1. The molecule has 0 bridgehead atoms. The first-order chi connectivity index (χ1) is 15.9. The van der Waals surface area contributed by atoms with Gasteiger partial charge in [-0.25, -0.2) is 4.79 Å². The van der Waals surface area contributed by atoms with Crippen LogP contribution >= 0.6 is 22.9 Å². The highest BCUT2D eigenvalue weighted by Gasteiger charge is 2.33. The number of ether oxygens (including phenoxy) is 2. The number of rotatable bonds is 3. The van der Waals surface area contributed by atoms with Gasteiger partial charge in [0.25, 0.3) is 0 Å². The van der Waals surface area contributed by atoms with Gasteiger partial charge in [-0.15, -0.1) is 11.3 Å². The van der Waals surface area contributed by atoms with Gasteiger partial charge in [0, 0.05) is 41.5 Å². The molecule has 0 saturated heterocycles. The number of anilines is 1. The number of hydrogen-bond acceptors (Lipinski definition) is 5. The van der Waals surface area contributed by atoms with Crippen molar-refractivity contribution in [3.8, 4) is 16.5 Å². The van der Waals surface area contributed by atoms with Crippen LogP contribution in [0, 0.1) is 0 Å². The van der Waals surface area contributed by atoms with Gasteiger partial charge in [-0.2, -0.15) is 0 Å². The van der Waals surface area contributed by atoms with Crippen molar-refractivity contribution in [2.45, 2.75) is 32.5 Å². The lowest BCUT2D eigenvalue weighted by Crippen LogP contribution is -2.36. The number of methoxy groups -OCH3 is 2. The van der Waals surface area contributed by atoms with Crippen molar-refractivity contribution in [1.82, 2.24) is 14.4 Å². The van der Waals surface area contributed by atoms with E-state index in [0.29, 0.717) is 28.8 Å². The van der Waals surface area contributed by atoms with Crippen LogP contribution in [0.15, 0.2) is 30.5 Å². The zero-order valence-corrected chi connectivity index (χ0v) is 20.7. The molecule has 2 aliphatic rings. The molecule has 0 unspecified atom stereocenters. The minimum absolute atomic E-state index is 0.110. The number of likely N-dealkylation sites (N-methyl/N-ethyl adjacent to an activating group) is 1. The van der Waals surface area contributed by atoms with E-state index >= 15 is 0 Å². The summed E-state index contributed by atoms with van der Waals surface area (Å²) < 4.78 is 13.0. The number of hydrogen-bond donors (Lipinski definition) is 1. The molecule has 5 rings (SSSR count). The van der Waals surface area contributed by atoms with Crippen LogP contribution in [0.5, 0.6) is 11.5 Å². The van der Waals surface area contributed by atoms with Crippen molar-refractivity contribution in [3.63, 3.8) is 0 Å². The summed E-state index contributed by atoms with van der Waals surface area (Å²) in [7, 11) is 5.26. The molecule has 0 radical (unpaired) electrons. The quantitative estimate of drug-likeness (QED) is 0.545. The molecule has 2 aliphatic heterocycles. The Bertz CT molecular complexity index is 1220. The Morgan fingerprint density at radius 3 is 2.73 bits per heavy atom. The van der Waals surface area contributed by atoms with Crippen LogP contribution in [0.25, 0.3) is 5.00 Å². The number of thiophene rings is 1. The molecule has 1 aromatic carbocycles. The molecule has 3 aromatic rings. The van der Waals surface area contributed by atoms with Crippen molar-refractivity contribution in [3.05, 3.63) is 57.2 Å². The molecule has 1 atom stereocenters. The van der Waals surface area contributed by atoms with E-state index in [1.807, 2.05) is 22.3 Å². The molecule has 7 nitrogen and oxygen atoms in total. The summed E-state index contributed by atoms with van der Waals surface area (Å²) in [6.45, 7) is 4.59. The molecular formula is C24H27ClN4O3S. The van der Waals surface area contributed by atoms with Crippen LogP contribution in [-0.2, 0) is 19.5 Å².